The van der Waals surface area contributed by atoms with Gasteiger partial charge in [0.05, 0.1) is 10.9 Å². The Kier molecular flexibility index (Phi) is 8.26. The van der Waals surface area contributed by atoms with Gasteiger partial charge in [-0.1, -0.05) is 39.0 Å². The van der Waals surface area contributed by atoms with Crippen molar-refractivity contribution >= 4 is 41.0 Å². The summed E-state index contributed by atoms with van der Waals surface area (Å²) in [5.74, 6) is 0.437. The van der Waals surface area contributed by atoms with E-state index in [-0.39, 0.29) is 23.2 Å². The molecule has 0 unspecified atom stereocenters. The maximum absolute atomic E-state index is 13.9. The highest BCUT2D eigenvalue weighted by Crippen LogP contribution is 2.37. The molecule has 2 amide bonds. The normalized spacial score (nSPS) is 15.0. The fourth-order valence-electron chi connectivity index (χ4n) is 5.07. The lowest BCUT2D eigenvalue weighted by molar-refractivity contribution is -0.138. The van der Waals surface area contributed by atoms with E-state index < -0.39 is 17.8 Å². The summed E-state index contributed by atoms with van der Waals surface area (Å²) in [6.45, 7) is 13.0. The quantitative estimate of drug-likeness (QED) is 0.217. The van der Waals surface area contributed by atoms with Crippen molar-refractivity contribution in [3.63, 3.8) is 0 Å². The number of carbonyl (C=O) groups excluding carboxylic acids is 1. The fourth-order valence-corrected chi connectivity index (χ4v) is 5.07. The molecule has 1 saturated heterocycles. The van der Waals surface area contributed by atoms with Gasteiger partial charge in [-0.05, 0) is 60.8 Å². The predicted octanol–water partition coefficient (Wildman–Crippen LogP) is 6.66. The SMILES string of the molecule is C=Nc1n[nH]c2nc(C(C)(C)C)cc(-c3ccc(NC(=O)Nc4ccc(CN5CCN(C)CC5)c(C(F)(F)F)c4)cc3)c12. The van der Waals surface area contributed by atoms with E-state index in [0.29, 0.717) is 30.2 Å². The van der Waals surface area contributed by atoms with Crippen molar-refractivity contribution in [3.05, 3.63) is 65.4 Å². The van der Waals surface area contributed by atoms with E-state index in [1.165, 1.54) is 12.1 Å². The van der Waals surface area contributed by atoms with E-state index in [0.717, 1.165) is 41.4 Å². The molecule has 3 heterocycles. The number of nitrogens with zero attached hydrogens (tertiary/aromatic N) is 5. The first-order valence-electron chi connectivity index (χ1n) is 14.0. The molecule has 0 aliphatic carbocycles. The van der Waals surface area contributed by atoms with Crippen LogP contribution in [0.25, 0.3) is 22.2 Å². The van der Waals surface area contributed by atoms with Crippen LogP contribution < -0.4 is 10.6 Å². The number of hydrogen-bond acceptors (Lipinski definition) is 6. The van der Waals surface area contributed by atoms with Gasteiger partial charge in [-0.2, -0.15) is 18.3 Å². The molecular formula is C31H35F3N8O. The van der Waals surface area contributed by atoms with Crippen LogP contribution in [0, 0.1) is 0 Å². The van der Waals surface area contributed by atoms with Crippen LogP contribution in [0.15, 0.2) is 53.5 Å². The minimum Gasteiger partial charge on any atom is -0.308 e. The van der Waals surface area contributed by atoms with Crippen molar-refractivity contribution in [1.82, 2.24) is 25.0 Å². The number of halogens is 3. The summed E-state index contributed by atoms with van der Waals surface area (Å²) >= 11 is 0. The van der Waals surface area contributed by atoms with Crippen LogP contribution in [0.2, 0.25) is 0 Å². The van der Waals surface area contributed by atoms with Crippen molar-refractivity contribution in [3.8, 4) is 11.1 Å². The minimum absolute atomic E-state index is 0.0573. The minimum atomic E-state index is -4.55. The van der Waals surface area contributed by atoms with Gasteiger partial charge in [-0.25, -0.2) is 14.8 Å². The van der Waals surface area contributed by atoms with E-state index >= 15 is 0 Å². The molecular weight excluding hydrogens is 557 g/mol. The molecule has 9 nitrogen and oxygen atoms in total. The number of anilines is 2. The average molecular weight is 593 g/mol. The Morgan fingerprint density at radius 2 is 1.65 bits per heavy atom. The Morgan fingerprint density at radius 3 is 2.28 bits per heavy atom. The lowest BCUT2D eigenvalue weighted by Gasteiger charge is -2.33. The topological polar surface area (TPSA) is 102 Å². The molecule has 0 radical (unpaired) electrons. The maximum atomic E-state index is 13.9. The first-order valence-corrected chi connectivity index (χ1v) is 14.0. The first-order chi connectivity index (χ1) is 20.3. The number of alkyl halides is 3. The van der Waals surface area contributed by atoms with Crippen molar-refractivity contribution < 1.29 is 18.0 Å². The zero-order valence-corrected chi connectivity index (χ0v) is 24.6. The summed E-state index contributed by atoms with van der Waals surface area (Å²) in [5, 5.41) is 13.1. The van der Waals surface area contributed by atoms with Gasteiger partial charge >= 0.3 is 12.2 Å². The molecule has 0 atom stereocenters. The van der Waals surface area contributed by atoms with Crippen molar-refractivity contribution in [2.45, 2.75) is 38.9 Å². The number of benzene rings is 2. The smallest absolute Gasteiger partial charge is 0.308 e. The first kappa shape index (κ1) is 30.2. The van der Waals surface area contributed by atoms with Crippen LogP contribution in [-0.2, 0) is 18.1 Å². The molecule has 43 heavy (non-hydrogen) atoms. The van der Waals surface area contributed by atoms with E-state index in [2.05, 4.69) is 58.2 Å². The number of amides is 2. The summed E-state index contributed by atoms with van der Waals surface area (Å²) in [4.78, 5) is 25.6. The van der Waals surface area contributed by atoms with Gasteiger partial charge in [0.25, 0.3) is 0 Å². The number of aromatic amines is 1. The molecule has 1 aliphatic rings. The number of pyridine rings is 1. The third-order valence-corrected chi connectivity index (χ3v) is 7.55. The summed E-state index contributed by atoms with van der Waals surface area (Å²) < 4.78 is 41.8. The Hall–Kier alpha value is -4.29. The zero-order chi connectivity index (χ0) is 30.9. The van der Waals surface area contributed by atoms with Crippen LogP contribution in [0.4, 0.5) is 35.2 Å². The Balaban J connectivity index is 1.32. The number of likely N-dealkylation sites (N-methyl/N-ethyl adjacent to an activating group) is 1. The van der Waals surface area contributed by atoms with E-state index in [1.807, 2.05) is 30.1 Å². The Labute approximate surface area is 248 Å². The van der Waals surface area contributed by atoms with Crippen LogP contribution in [-0.4, -0.2) is 71.0 Å². The number of rotatable bonds is 6. The third-order valence-electron chi connectivity index (χ3n) is 7.55. The number of nitrogens with one attached hydrogen (secondary N) is 3. The predicted molar refractivity (Wildman–Crippen MR) is 164 cm³/mol. The van der Waals surface area contributed by atoms with E-state index in [1.54, 1.807) is 12.1 Å². The molecule has 5 rings (SSSR count). The largest absolute Gasteiger partial charge is 0.416 e. The number of H-pyrrole nitrogens is 1. The fraction of sp³-hybridized carbons (Fsp3) is 0.355. The summed E-state index contributed by atoms with van der Waals surface area (Å²) in [6, 6.07) is 12.4. The number of aliphatic imine (C=N–C) groups is 1. The molecule has 1 aliphatic heterocycles. The van der Waals surface area contributed by atoms with Gasteiger partial charge in [0.2, 0.25) is 0 Å². The highest BCUT2D eigenvalue weighted by atomic mass is 19.4. The van der Waals surface area contributed by atoms with Crippen LogP contribution in [0.5, 0.6) is 0 Å². The molecule has 0 saturated carbocycles. The second kappa shape index (κ2) is 11.8. The molecule has 0 bridgehead atoms. The number of urea groups is 1. The van der Waals surface area contributed by atoms with Gasteiger partial charge in [0, 0.05) is 55.2 Å². The highest BCUT2D eigenvalue weighted by Gasteiger charge is 2.34. The molecule has 1 fully saturated rings. The van der Waals surface area contributed by atoms with E-state index in [4.69, 9.17) is 4.98 Å². The third kappa shape index (κ3) is 6.86. The molecule has 3 N–H and O–H groups in total. The summed E-state index contributed by atoms with van der Waals surface area (Å²) in [6.07, 6.45) is -4.55. The lowest BCUT2D eigenvalue weighted by Crippen LogP contribution is -2.44. The second-order valence-electron chi connectivity index (χ2n) is 11.8. The molecule has 2 aromatic heterocycles. The Bertz CT molecular complexity index is 1630. The van der Waals surface area contributed by atoms with Crippen molar-refractivity contribution in [2.24, 2.45) is 4.99 Å². The molecule has 2 aromatic carbocycles. The number of carbonyl (C=O) groups is 1. The van der Waals surface area contributed by atoms with Crippen molar-refractivity contribution in [2.75, 3.05) is 43.9 Å². The van der Waals surface area contributed by atoms with Gasteiger partial charge in [-0.3, -0.25) is 10.00 Å². The van der Waals surface area contributed by atoms with Crippen LogP contribution in [0.1, 0.15) is 37.6 Å². The highest BCUT2D eigenvalue weighted by molar-refractivity contribution is 6.02. The van der Waals surface area contributed by atoms with E-state index in [9.17, 15) is 18.0 Å². The number of hydrogen-bond donors (Lipinski definition) is 3. The van der Waals surface area contributed by atoms with Gasteiger partial charge in [0.15, 0.2) is 11.5 Å². The summed E-state index contributed by atoms with van der Waals surface area (Å²) in [7, 11) is 2.00. The lowest BCUT2D eigenvalue weighted by atomic mass is 9.89. The molecule has 12 heteroatoms. The van der Waals surface area contributed by atoms with Gasteiger partial charge in [0.1, 0.15) is 0 Å². The molecule has 4 aromatic rings. The molecule has 0 spiro atoms. The van der Waals surface area contributed by atoms with Crippen LogP contribution >= 0.6 is 0 Å². The van der Waals surface area contributed by atoms with Crippen LogP contribution in [0.3, 0.4) is 0 Å². The number of aromatic nitrogens is 3. The molecule has 226 valence electrons. The standard InChI is InChI=1S/C31H35F3N8O/c1-30(2,3)25-17-23(26-27(35-4)39-40-28(26)38-25)19-6-9-21(10-7-19)36-29(43)37-22-11-8-20(24(16-22)31(32,33)34)18-42-14-12-41(5)13-15-42/h6-11,16-17H,4,12-15,18H2,1-3,5H3,(H2,36,37,43)(H,38,39,40). The summed E-state index contributed by atoms with van der Waals surface area (Å²) in [5.41, 5.74) is 2.92. The number of piperazine rings is 1. The van der Waals surface area contributed by atoms with Crippen molar-refractivity contribution in [1.29, 1.82) is 0 Å². The Morgan fingerprint density at radius 1 is 1.00 bits per heavy atom. The monoisotopic (exact) mass is 592 g/mol. The maximum Gasteiger partial charge on any atom is 0.416 e. The zero-order valence-electron chi connectivity index (χ0n) is 24.6. The van der Waals surface area contributed by atoms with Gasteiger partial charge < -0.3 is 15.5 Å². The second-order valence-corrected chi connectivity index (χ2v) is 11.8. The number of fused-ring (bicyclic) bond motifs is 1. The average Bonchev–Trinajstić information content (AvgIpc) is 3.37. The van der Waals surface area contributed by atoms with Gasteiger partial charge in [-0.15, -0.1) is 0 Å².